The Morgan fingerprint density at radius 1 is 1.46 bits per heavy atom. The molecule has 0 saturated heterocycles. The zero-order chi connectivity index (χ0) is 9.42. The van der Waals surface area contributed by atoms with Crippen molar-refractivity contribution in [2.75, 3.05) is 0 Å². The molecule has 1 heterocycles. The summed E-state index contributed by atoms with van der Waals surface area (Å²) in [6, 6.07) is -0.288. The van der Waals surface area contributed by atoms with Gasteiger partial charge in [0.05, 0.1) is 12.1 Å². The number of nitrogens with two attached hydrogens (primary N) is 2. The molecule has 0 aliphatic heterocycles. The lowest BCUT2D eigenvalue weighted by atomic mass is 10.2. The van der Waals surface area contributed by atoms with Gasteiger partial charge in [-0.15, -0.1) is 0 Å². The number of aromatic nitrogens is 2. The van der Waals surface area contributed by atoms with Crippen molar-refractivity contribution in [3.8, 4) is 0 Å². The first-order valence-electron chi connectivity index (χ1n) is 4.53. The van der Waals surface area contributed by atoms with Gasteiger partial charge in [0.25, 0.3) is 0 Å². The predicted octanol–water partition coefficient (Wildman–Crippen LogP) is 0.499. The molecule has 0 spiro atoms. The van der Waals surface area contributed by atoms with Crippen molar-refractivity contribution in [1.29, 1.82) is 0 Å². The van der Waals surface area contributed by atoms with Crippen molar-refractivity contribution in [1.82, 2.24) is 10.1 Å². The number of hydrogen-bond acceptors (Lipinski definition) is 5. The minimum Gasteiger partial charge on any atom is -0.338 e. The maximum absolute atomic E-state index is 5.89. The molecule has 13 heavy (non-hydrogen) atoms. The predicted molar refractivity (Wildman–Crippen MR) is 46.6 cm³/mol. The van der Waals surface area contributed by atoms with Crippen LogP contribution in [-0.2, 0) is 0 Å². The van der Waals surface area contributed by atoms with E-state index >= 15 is 0 Å². The summed E-state index contributed by atoms with van der Waals surface area (Å²) < 4.78 is 4.96. The van der Waals surface area contributed by atoms with Crippen LogP contribution in [-0.4, -0.2) is 10.1 Å². The van der Waals surface area contributed by atoms with Gasteiger partial charge < -0.3 is 16.0 Å². The van der Waals surface area contributed by atoms with Crippen molar-refractivity contribution < 1.29 is 4.52 Å². The molecule has 72 valence electrons. The Labute approximate surface area is 76.5 Å². The average Bonchev–Trinajstić information content (AvgIpc) is 2.81. The zero-order valence-corrected chi connectivity index (χ0v) is 7.60. The molecule has 5 nitrogen and oxygen atoms in total. The molecule has 0 aromatic carbocycles. The van der Waals surface area contributed by atoms with Gasteiger partial charge in [-0.3, -0.25) is 0 Å². The molecule has 5 heteroatoms. The highest BCUT2D eigenvalue weighted by Crippen LogP contribution is 2.38. The molecule has 1 aromatic rings. The Kier molecular flexibility index (Phi) is 2.05. The van der Waals surface area contributed by atoms with E-state index < -0.39 is 0 Å². The van der Waals surface area contributed by atoms with Gasteiger partial charge in [0, 0.05) is 0 Å². The molecule has 1 aliphatic rings. The van der Waals surface area contributed by atoms with E-state index in [9.17, 15) is 0 Å². The van der Waals surface area contributed by atoms with Gasteiger partial charge >= 0.3 is 0 Å². The second-order valence-corrected chi connectivity index (χ2v) is 3.64. The summed E-state index contributed by atoms with van der Waals surface area (Å²) in [5.74, 6) is 1.60. The van der Waals surface area contributed by atoms with Crippen molar-refractivity contribution in [2.24, 2.45) is 17.4 Å². The fourth-order valence-corrected chi connectivity index (χ4v) is 1.23. The number of nitrogens with zero attached hydrogens (tertiary/aromatic N) is 2. The minimum atomic E-state index is -0.215. The Morgan fingerprint density at radius 3 is 2.62 bits per heavy atom. The molecule has 0 bridgehead atoms. The summed E-state index contributed by atoms with van der Waals surface area (Å²) in [6.45, 7) is 1.81. The van der Waals surface area contributed by atoms with Gasteiger partial charge in [-0.25, -0.2) is 0 Å². The van der Waals surface area contributed by atoms with E-state index in [2.05, 4.69) is 10.1 Å². The highest BCUT2D eigenvalue weighted by molar-refractivity contribution is 5.00. The van der Waals surface area contributed by atoms with Crippen molar-refractivity contribution in [3.05, 3.63) is 11.7 Å². The highest BCUT2D eigenvalue weighted by Gasteiger charge is 2.32. The zero-order valence-electron chi connectivity index (χ0n) is 7.60. The molecular formula is C8H14N4O. The van der Waals surface area contributed by atoms with E-state index in [1.807, 2.05) is 0 Å². The van der Waals surface area contributed by atoms with Crippen molar-refractivity contribution in [3.63, 3.8) is 0 Å². The van der Waals surface area contributed by atoms with Gasteiger partial charge in [0.2, 0.25) is 5.89 Å². The summed E-state index contributed by atoms with van der Waals surface area (Å²) in [6.07, 6.45) is 2.34. The smallest absolute Gasteiger partial charge is 0.243 e. The maximum Gasteiger partial charge on any atom is 0.243 e. The van der Waals surface area contributed by atoms with E-state index in [0.717, 1.165) is 0 Å². The lowest BCUT2D eigenvalue weighted by Gasteiger charge is -2.01. The molecule has 0 amide bonds. The standard InChI is InChI=1S/C8H14N4O/c1-4(9)8-11-7(12-13-8)6(10)5-2-3-5/h4-6H,2-3,9-10H2,1H3/t4-,6?/m1/s1. The Balaban J connectivity index is 2.11. The second-order valence-electron chi connectivity index (χ2n) is 3.64. The minimum absolute atomic E-state index is 0.0729. The Morgan fingerprint density at radius 2 is 2.15 bits per heavy atom. The van der Waals surface area contributed by atoms with Crippen LogP contribution in [0.15, 0.2) is 4.52 Å². The van der Waals surface area contributed by atoms with Crippen LogP contribution in [0.3, 0.4) is 0 Å². The van der Waals surface area contributed by atoms with Gasteiger partial charge in [-0.2, -0.15) is 4.98 Å². The maximum atomic E-state index is 5.89. The van der Waals surface area contributed by atoms with Crippen LogP contribution < -0.4 is 11.5 Å². The average molecular weight is 182 g/mol. The molecule has 1 unspecified atom stereocenters. The number of hydrogen-bond donors (Lipinski definition) is 2. The van der Waals surface area contributed by atoms with E-state index in [4.69, 9.17) is 16.0 Å². The van der Waals surface area contributed by atoms with Gasteiger partial charge in [-0.1, -0.05) is 5.16 Å². The molecule has 2 atom stereocenters. The monoisotopic (exact) mass is 182 g/mol. The van der Waals surface area contributed by atoms with Crippen LogP contribution in [0.25, 0.3) is 0 Å². The van der Waals surface area contributed by atoms with Crippen LogP contribution in [0.1, 0.15) is 43.6 Å². The highest BCUT2D eigenvalue weighted by atomic mass is 16.5. The van der Waals surface area contributed by atoms with Crippen LogP contribution in [0.2, 0.25) is 0 Å². The third kappa shape index (κ3) is 1.71. The van der Waals surface area contributed by atoms with Gasteiger partial charge in [0.1, 0.15) is 0 Å². The first-order chi connectivity index (χ1) is 6.18. The lowest BCUT2D eigenvalue weighted by Crippen LogP contribution is -2.14. The fraction of sp³-hybridized carbons (Fsp3) is 0.750. The second kappa shape index (κ2) is 3.08. The third-order valence-corrected chi connectivity index (χ3v) is 2.27. The van der Waals surface area contributed by atoms with Crippen molar-refractivity contribution >= 4 is 0 Å². The summed E-state index contributed by atoms with van der Waals surface area (Å²) in [4.78, 5) is 4.14. The van der Waals surface area contributed by atoms with E-state index in [1.165, 1.54) is 12.8 Å². The Bertz CT molecular complexity index is 292. The lowest BCUT2D eigenvalue weighted by molar-refractivity contribution is 0.353. The molecule has 1 fully saturated rings. The van der Waals surface area contributed by atoms with E-state index in [0.29, 0.717) is 17.6 Å². The van der Waals surface area contributed by atoms with Crippen molar-refractivity contribution in [2.45, 2.75) is 31.8 Å². The van der Waals surface area contributed by atoms with Gasteiger partial charge in [0.15, 0.2) is 5.82 Å². The normalized spacial score (nSPS) is 21.5. The molecule has 1 aliphatic carbocycles. The Hall–Kier alpha value is -0.940. The van der Waals surface area contributed by atoms with E-state index in [1.54, 1.807) is 6.92 Å². The molecule has 1 saturated carbocycles. The first kappa shape index (κ1) is 8.65. The van der Waals surface area contributed by atoms with Crippen LogP contribution in [0.5, 0.6) is 0 Å². The van der Waals surface area contributed by atoms with Crippen LogP contribution >= 0.6 is 0 Å². The summed E-state index contributed by atoms with van der Waals surface area (Å²) >= 11 is 0. The molecule has 4 N–H and O–H groups in total. The summed E-state index contributed by atoms with van der Waals surface area (Å²) in [5.41, 5.74) is 11.5. The molecule has 2 rings (SSSR count). The van der Waals surface area contributed by atoms with Crippen LogP contribution in [0.4, 0.5) is 0 Å². The van der Waals surface area contributed by atoms with Gasteiger partial charge in [-0.05, 0) is 25.7 Å². The molecule has 1 aromatic heterocycles. The first-order valence-corrected chi connectivity index (χ1v) is 4.53. The number of rotatable bonds is 3. The summed E-state index contributed by atoms with van der Waals surface area (Å²) in [7, 11) is 0. The largest absolute Gasteiger partial charge is 0.338 e. The van der Waals surface area contributed by atoms with E-state index in [-0.39, 0.29) is 12.1 Å². The third-order valence-electron chi connectivity index (χ3n) is 2.27. The SMILES string of the molecule is C[C@@H](N)c1nc(C(N)C2CC2)no1. The molecule has 0 radical (unpaired) electrons. The molecular weight excluding hydrogens is 168 g/mol. The van der Waals surface area contributed by atoms with Crippen LogP contribution in [0, 0.1) is 5.92 Å². The summed E-state index contributed by atoms with van der Waals surface area (Å²) in [5, 5.41) is 3.81. The quantitative estimate of drug-likeness (QED) is 0.710. The fourth-order valence-electron chi connectivity index (χ4n) is 1.23. The topological polar surface area (TPSA) is 91.0 Å².